The Balaban J connectivity index is 0.920. The number of pyridine rings is 1. The third kappa shape index (κ3) is 8.08. The molecule has 3 amide bonds. The highest BCUT2D eigenvalue weighted by Gasteiger charge is 2.38. The number of anilines is 4. The summed E-state index contributed by atoms with van der Waals surface area (Å²) in [6.07, 6.45) is 5.81. The summed E-state index contributed by atoms with van der Waals surface area (Å²) in [5, 5.41) is 8.10. The van der Waals surface area contributed by atoms with E-state index in [4.69, 9.17) is 10.7 Å². The Labute approximate surface area is 301 Å². The summed E-state index contributed by atoms with van der Waals surface area (Å²) in [5.41, 5.74) is 11.2. The SMILES string of the molecule is Nc1ccc(NC(=O)CCCCN2CCN(c3ccc(-c4ccc5c(c4)C(=O)N(C(C(=O)Nc4nccs4)c4ccccc4)C5)cn3)CC2)cc1. The van der Waals surface area contributed by atoms with Gasteiger partial charge in [0.15, 0.2) is 5.13 Å². The van der Waals surface area contributed by atoms with E-state index in [2.05, 4.69) is 31.5 Å². The molecule has 12 heteroatoms. The number of unbranched alkanes of at least 4 members (excludes halogenated alkanes) is 1. The number of nitrogen functional groups attached to an aromatic ring is 1. The van der Waals surface area contributed by atoms with Crippen molar-refractivity contribution in [3.63, 3.8) is 0 Å². The van der Waals surface area contributed by atoms with Crippen molar-refractivity contribution in [2.24, 2.45) is 0 Å². The lowest BCUT2D eigenvalue weighted by molar-refractivity contribution is -0.121. The molecule has 1 atom stereocenters. The average molecular weight is 701 g/mol. The largest absolute Gasteiger partial charge is 0.399 e. The first-order valence-corrected chi connectivity index (χ1v) is 18.1. The van der Waals surface area contributed by atoms with Crippen LogP contribution >= 0.6 is 11.3 Å². The molecule has 0 radical (unpaired) electrons. The van der Waals surface area contributed by atoms with Gasteiger partial charge in [-0.25, -0.2) is 9.97 Å². The quantitative estimate of drug-likeness (QED) is 0.106. The number of benzene rings is 3. The van der Waals surface area contributed by atoms with Gasteiger partial charge in [-0.1, -0.05) is 42.5 Å². The molecule has 7 rings (SSSR count). The maximum atomic E-state index is 13.9. The van der Waals surface area contributed by atoms with E-state index in [1.807, 2.05) is 72.9 Å². The number of aromatic nitrogens is 2. The molecule has 1 unspecified atom stereocenters. The number of rotatable bonds is 12. The second kappa shape index (κ2) is 15.5. The van der Waals surface area contributed by atoms with Gasteiger partial charge >= 0.3 is 0 Å². The van der Waals surface area contributed by atoms with Crippen LogP contribution in [0.1, 0.15) is 46.8 Å². The molecule has 260 valence electrons. The zero-order chi connectivity index (χ0) is 35.2. The minimum atomic E-state index is -0.799. The van der Waals surface area contributed by atoms with Crippen LogP contribution < -0.4 is 21.3 Å². The molecule has 0 spiro atoms. The molecule has 0 saturated carbocycles. The van der Waals surface area contributed by atoms with Crippen LogP contribution in [0.5, 0.6) is 0 Å². The molecule has 3 aromatic carbocycles. The van der Waals surface area contributed by atoms with Gasteiger partial charge in [-0.15, -0.1) is 11.3 Å². The van der Waals surface area contributed by atoms with Gasteiger partial charge < -0.3 is 20.9 Å². The van der Waals surface area contributed by atoms with Gasteiger partial charge in [-0.05, 0) is 78.5 Å². The van der Waals surface area contributed by atoms with E-state index in [0.717, 1.165) is 79.3 Å². The highest BCUT2D eigenvalue weighted by Crippen LogP contribution is 2.35. The molecule has 11 nitrogen and oxygen atoms in total. The lowest BCUT2D eigenvalue weighted by Crippen LogP contribution is -2.46. The highest BCUT2D eigenvalue weighted by atomic mass is 32.1. The average Bonchev–Trinajstić information content (AvgIpc) is 3.79. The van der Waals surface area contributed by atoms with E-state index in [0.29, 0.717) is 29.3 Å². The number of carbonyl (C=O) groups is 3. The Hall–Kier alpha value is -5.59. The van der Waals surface area contributed by atoms with E-state index in [1.54, 1.807) is 28.6 Å². The van der Waals surface area contributed by atoms with Crippen molar-refractivity contribution < 1.29 is 14.4 Å². The number of piperazine rings is 1. The molecule has 4 heterocycles. The molecule has 1 saturated heterocycles. The van der Waals surface area contributed by atoms with Gasteiger partial charge in [0.2, 0.25) is 5.91 Å². The maximum Gasteiger partial charge on any atom is 0.255 e. The Bertz CT molecular complexity index is 1960. The molecular weight excluding hydrogens is 661 g/mol. The lowest BCUT2D eigenvalue weighted by Gasteiger charge is -2.35. The fourth-order valence-corrected chi connectivity index (χ4v) is 7.17. The van der Waals surface area contributed by atoms with E-state index in [1.165, 1.54) is 11.3 Å². The molecule has 5 aromatic rings. The van der Waals surface area contributed by atoms with Gasteiger partial charge in [0.05, 0.1) is 0 Å². The van der Waals surface area contributed by atoms with Crippen LogP contribution in [0.4, 0.5) is 22.3 Å². The fourth-order valence-electron chi connectivity index (χ4n) is 6.63. The zero-order valence-corrected chi connectivity index (χ0v) is 29.0. The number of nitrogens with two attached hydrogens (primary N) is 1. The molecule has 2 aliphatic rings. The third-order valence-corrected chi connectivity index (χ3v) is 10.1. The summed E-state index contributed by atoms with van der Waals surface area (Å²) >= 11 is 1.34. The first-order valence-electron chi connectivity index (χ1n) is 17.2. The molecular formula is C39H40N8O3S. The second-order valence-electron chi connectivity index (χ2n) is 12.8. The van der Waals surface area contributed by atoms with E-state index in [-0.39, 0.29) is 17.7 Å². The van der Waals surface area contributed by atoms with Gasteiger partial charge in [0.1, 0.15) is 11.9 Å². The summed E-state index contributed by atoms with van der Waals surface area (Å²) in [6, 6.07) is 25.8. The Morgan fingerprint density at radius 1 is 0.863 bits per heavy atom. The smallest absolute Gasteiger partial charge is 0.255 e. The summed E-state index contributed by atoms with van der Waals surface area (Å²) < 4.78 is 0. The normalized spacial score (nSPS) is 15.0. The molecule has 0 aliphatic carbocycles. The van der Waals surface area contributed by atoms with Crippen LogP contribution in [-0.2, 0) is 16.1 Å². The minimum absolute atomic E-state index is 0.0247. The number of nitrogens with zero attached hydrogens (tertiary/aromatic N) is 5. The Morgan fingerprint density at radius 3 is 2.37 bits per heavy atom. The van der Waals surface area contributed by atoms with Crippen LogP contribution in [0, 0.1) is 0 Å². The van der Waals surface area contributed by atoms with Gasteiger partial charge in [-0.3, -0.25) is 24.6 Å². The van der Waals surface area contributed by atoms with Crippen molar-refractivity contribution in [1.29, 1.82) is 0 Å². The van der Waals surface area contributed by atoms with Crippen molar-refractivity contribution in [2.45, 2.75) is 31.8 Å². The number of hydrogen-bond acceptors (Lipinski definition) is 9. The molecule has 4 N–H and O–H groups in total. The maximum absolute atomic E-state index is 13.9. The van der Waals surface area contributed by atoms with Crippen LogP contribution in [0.3, 0.4) is 0 Å². The number of fused-ring (bicyclic) bond motifs is 1. The summed E-state index contributed by atoms with van der Waals surface area (Å²) in [4.78, 5) is 55.0. The monoisotopic (exact) mass is 700 g/mol. The van der Waals surface area contributed by atoms with Crippen LogP contribution in [0.15, 0.2) is 103 Å². The van der Waals surface area contributed by atoms with Crippen LogP contribution in [0.2, 0.25) is 0 Å². The van der Waals surface area contributed by atoms with Crippen molar-refractivity contribution in [3.05, 3.63) is 119 Å². The van der Waals surface area contributed by atoms with Gasteiger partial charge in [-0.2, -0.15) is 0 Å². The molecule has 2 aromatic heterocycles. The standard InChI is InChI=1S/C39H40N8O3S/c40-31-12-14-32(15-13-31)43-35(48)8-4-5-18-45-19-21-46(22-20-45)34-16-11-29(25-42-34)28-9-10-30-26-47(38(50)33(30)24-28)36(27-6-2-1-3-7-27)37(49)44-39-41-17-23-51-39/h1-3,6-7,9-17,23-25,36H,4-5,8,18-22,26,40H2,(H,43,48)(H,41,44,49). The van der Waals surface area contributed by atoms with E-state index in [9.17, 15) is 14.4 Å². The third-order valence-electron chi connectivity index (χ3n) is 9.38. The van der Waals surface area contributed by atoms with Crippen molar-refractivity contribution in [3.8, 4) is 11.1 Å². The molecule has 0 bridgehead atoms. The number of nitrogens with one attached hydrogen (secondary N) is 2. The second-order valence-corrected chi connectivity index (χ2v) is 13.7. The predicted molar refractivity (Wildman–Crippen MR) is 201 cm³/mol. The topological polar surface area (TPSA) is 137 Å². The first-order chi connectivity index (χ1) is 24.9. The Kier molecular flexibility index (Phi) is 10.3. The number of thiazole rings is 1. The summed E-state index contributed by atoms with van der Waals surface area (Å²) in [7, 11) is 0. The van der Waals surface area contributed by atoms with Crippen molar-refractivity contribution >= 4 is 51.4 Å². The predicted octanol–water partition coefficient (Wildman–Crippen LogP) is 6.05. The van der Waals surface area contributed by atoms with Crippen LogP contribution in [0.25, 0.3) is 11.1 Å². The van der Waals surface area contributed by atoms with Gasteiger partial charge in [0, 0.05) is 79.4 Å². The van der Waals surface area contributed by atoms with E-state index < -0.39 is 6.04 Å². The highest BCUT2D eigenvalue weighted by molar-refractivity contribution is 7.13. The van der Waals surface area contributed by atoms with Gasteiger partial charge in [0.25, 0.3) is 11.8 Å². The van der Waals surface area contributed by atoms with Crippen molar-refractivity contribution in [2.75, 3.05) is 54.0 Å². The number of hydrogen-bond donors (Lipinski definition) is 3. The molecule has 1 fully saturated rings. The minimum Gasteiger partial charge on any atom is -0.399 e. The fraction of sp³-hybridized carbons (Fsp3) is 0.256. The molecule has 51 heavy (non-hydrogen) atoms. The zero-order valence-electron chi connectivity index (χ0n) is 28.2. The summed E-state index contributed by atoms with van der Waals surface area (Å²) in [6.45, 7) is 4.94. The number of carbonyl (C=O) groups excluding carboxylic acids is 3. The lowest BCUT2D eigenvalue weighted by atomic mass is 10.0. The van der Waals surface area contributed by atoms with Crippen LogP contribution in [-0.4, -0.2) is 70.2 Å². The van der Waals surface area contributed by atoms with E-state index >= 15 is 0 Å². The number of amides is 3. The first kappa shape index (κ1) is 33.9. The van der Waals surface area contributed by atoms with Crippen molar-refractivity contribution in [1.82, 2.24) is 19.8 Å². The molecule has 2 aliphatic heterocycles. The summed E-state index contributed by atoms with van der Waals surface area (Å²) in [5.74, 6) is 0.474. The Morgan fingerprint density at radius 2 is 1.65 bits per heavy atom.